The van der Waals surface area contributed by atoms with Gasteiger partial charge in [-0.1, -0.05) is 30.3 Å². The molecule has 0 saturated heterocycles. The molecule has 2 aromatic carbocycles. The number of nitrogens with one attached hydrogen (secondary N) is 1. The van der Waals surface area contributed by atoms with Crippen LogP contribution in [0.4, 0.5) is 5.69 Å². The van der Waals surface area contributed by atoms with Crippen molar-refractivity contribution in [2.45, 2.75) is 27.2 Å². The van der Waals surface area contributed by atoms with Crippen LogP contribution in [0, 0.1) is 20.8 Å². The van der Waals surface area contributed by atoms with E-state index in [-0.39, 0.29) is 25.5 Å². The summed E-state index contributed by atoms with van der Waals surface area (Å²) in [5.74, 6) is -0.0884. The Kier molecular flexibility index (Phi) is 6.57. The second-order valence-corrected chi connectivity index (χ2v) is 5.89. The lowest BCUT2D eigenvalue weighted by atomic mass is 10.1. The fourth-order valence-electron chi connectivity index (χ4n) is 2.24. The summed E-state index contributed by atoms with van der Waals surface area (Å²) in [7, 11) is 0. The third-order valence-electron chi connectivity index (χ3n) is 3.69. The summed E-state index contributed by atoms with van der Waals surface area (Å²) in [5, 5.41) is 2.75. The van der Waals surface area contributed by atoms with Crippen molar-refractivity contribution in [3.8, 4) is 5.75 Å². The van der Waals surface area contributed by atoms with Crippen molar-refractivity contribution in [2.24, 2.45) is 0 Å². The molecule has 2 aromatic rings. The maximum Gasteiger partial charge on any atom is 0.309 e. The fraction of sp³-hybridized carbons (Fsp3) is 0.300. The van der Waals surface area contributed by atoms with Crippen LogP contribution in [-0.4, -0.2) is 25.1 Å². The minimum Gasteiger partial charge on any atom is -0.493 e. The van der Waals surface area contributed by atoms with Gasteiger partial charge in [0, 0.05) is 5.69 Å². The van der Waals surface area contributed by atoms with Crippen LogP contribution in [0.1, 0.15) is 23.1 Å². The molecule has 0 spiro atoms. The van der Waals surface area contributed by atoms with Gasteiger partial charge in [-0.05, 0) is 49.6 Å². The van der Waals surface area contributed by atoms with Gasteiger partial charge in [0.1, 0.15) is 5.75 Å². The highest BCUT2D eigenvalue weighted by molar-refractivity contribution is 5.93. The molecule has 1 N–H and O–H groups in total. The van der Waals surface area contributed by atoms with Crippen LogP contribution < -0.4 is 10.1 Å². The maximum atomic E-state index is 11.9. The molecule has 0 aromatic heterocycles. The zero-order valence-electron chi connectivity index (χ0n) is 14.8. The van der Waals surface area contributed by atoms with E-state index < -0.39 is 5.97 Å². The van der Waals surface area contributed by atoms with Crippen molar-refractivity contribution in [3.63, 3.8) is 0 Å². The van der Waals surface area contributed by atoms with Crippen LogP contribution in [0.25, 0.3) is 0 Å². The first kappa shape index (κ1) is 18.5. The Labute approximate surface area is 148 Å². The fourth-order valence-corrected chi connectivity index (χ4v) is 2.24. The minimum atomic E-state index is -0.468. The number of carbonyl (C=O) groups excluding carboxylic acids is 2. The number of ether oxygens (including phenoxy) is 2. The van der Waals surface area contributed by atoms with E-state index in [1.54, 1.807) is 0 Å². The van der Waals surface area contributed by atoms with Crippen LogP contribution in [0.5, 0.6) is 5.75 Å². The summed E-state index contributed by atoms with van der Waals surface area (Å²) in [6.45, 7) is 5.69. The molecular weight excluding hydrogens is 318 g/mol. The predicted octanol–water partition coefficient (Wildman–Crippen LogP) is 3.56. The molecule has 0 bridgehead atoms. The van der Waals surface area contributed by atoms with Gasteiger partial charge in [0.25, 0.3) is 5.91 Å². The third kappa shape index (κ3) is 5.95. The molecule has 2 rings (SSSR count). The molecule has 0 aliphatic heterocycles. The standard InChI is InChI=1S/C20H23NO4/c1-14-8-9-15(2)17(12-14)21-19(22)13-25-20(23)10-11-24-18-7-5-4-6-16(18)3/h4-9,12H,10-11,13H2,1-3H3,(H,21,22). The zero-order valence-corrected chi connectivity index (χ0v) is 14.8. The number of aryl methyl sites for hydroxylation is 3. The highest BCUT2D eigenvalue weighted by Crippen LogP contribution is 2.17. The number of carbonyl (C=O) groups is 2. The van der Waals surface area contributed by atoms with Gasteiger partial charge in [-0.3, -0.25) is 9.59 Å². The number of benzene rings is 2. The van der Waals surface area contributed by atoms with E-state index >= 15 is 0 Å². The first-order valence-corrected chi connectivity index (χ1v) is 8.17. The molecule has 0 radical (unpaired) electrons. The van der Waals surface area contributed by atoms with Crippen molar-refractivity contribution >= 4 is 17.6 Å². The number of hydrogen-bond acceptors (Lipinski definition) is 4. The van der Waals surface area contributed by atoms with Gasteiger partial charge in [0.2, 0.25) is 0 Å². The molecule has 0 fully saturated rings. The second-order valence-electron chi connectivity index (χ2n) is 5.89. The van der Waals surface area contributed by atoms with Crippen molar-refractivity contribution in [1.82, 2.24) is 0 Å². The van der Waals surface area contributed by atoms with E-state index in [0.717, 1.165) is 28.1 Å². The molecule has 0 atom stereocenters. The molecule has 0 aliphatic carbocycles. The first-order chi connectivity index (χ1) is 12.0. The molecule has 0 saturated carbocycles. The second kappa shape index (κ2) is 8.87. The Bertz CT molecular complexity index is 755. The lowest BCUT2D eigenvalue weighted by Gasteiger charge is -2.10. The van der Waals surface area contributed by atoms with E-state index in [9.17, 15) is 9.59 Å². The number of anilines is 1. The molecule has 0 heterocycles. The van der Waals surface area contributed by atoms with Gasteiger partial charge >= 0.3 is 5.97 Å². The number of para-hydroxylation sites is 1. The summed E-state index contributed by atoms with van der Waals surface area (Å²) < 4.78 is 10.5. The summed E-state index contributed by atoms with van der Waals surface area (Å²) in [4.78, 5) is 23.6. The Hall–Kier alpha value is -2.82. The predicted molar refractivity (Wildman–Crippen MR) is 96.8 cm³/mol. The largest absolute Gasteiger partial charge is 0.493 e. The number of hydrogen-bond donors (Lipinski definition) is 1. The molecule has 132 valence electrons. The van der Waals surface area contributed by atoms with Gasteiger partial charge in [0.15, 0.2) is 6.61 Å². The van der Waals surface area contributed by atoms with Crippen molar-refractivity contribution in [2.75, 3.05) is 18.5 Å². The quantitative estimate of drug-likeness (QED) is 0.782. The highest BCUT2D eigenvalue weighted by Gasteiger charge is 2.10. The molecule has 5 heteroatoms. The number of esters is 1. The van der Waals surface area contributed by atoms with Crippen LogP contribution >= 0.6 is 0 Å². The van der Waals surface area contributed by atoms with Gasteiger partial charge in [-0.15, -0.1) is 0 Å². The molecule has 0 aliphatic rings. The van der Waals surface area contributed by atoms with Gasteiger partial charge in [0.05, 0.1) is 13.0 Å². The van der Waals surface area contributed by atoms with Gasteiger partial charge in [-0.2, -0.15) is 0 Å². The summed E-state index contributed by atoms with van der Waals surface area (Å²) >= 11 is 0. The number of rotatable bonds is 7. The Morgan fingerprint density at radius 3 is 2.52 bits per heavy atom. The number of amides is 1. The van der Waals surface area contributed by atoms with E-state index in [0.29, 0.717) is 0 Å². The lowest BCUT2D eigenvalue weighted by molar-refractivity contribution is -0.147. The first-order valence-electron chi connectivity index (χ1n) is 8.17. The van der Waals surface area contributed by atoms with Crippen molar-refractivity contribution < 1.29 is 19.1 Å². The third-order valence-corrected chi connectivity index (χ3v) is 3.69. The van der Waals surface area contributed by atoms with E-state index in [1.807, 2.05) is 63.2 Å². The lowest BCUT2D eigenvalue weighted by Crippen LogP contribution is -2.22. The topological polar surface area (TPSA) is 64.6 Å². The average molecular weight is 341 g/mol. The smallest absolute Gasteiger partial charge is 0.309 e. The molecular formula is C20H23NO4. The minimum absolute atomic E-state index is 0.0884. The van der Waals surface area contributed by atoms with Gasteiger partial charge in [-0.25, -0.2) is 0 Å². The van der Waals surface area contributed by atoms with Crippen LogP contribution in [0.2, 0.25) is 0 Å². The van der Waals surface area contributed by atoms with E-state index in [1.165, 1.54) is 0 Å². The monoisotopic (exact) mass is 341 g/mol. The molecule has 25 heavy (non-hydrogen) atoms. The zero-order chi connectivity index (χ0) is 18.2. The Morgan fingerprint density at radius 2 is 1.76 bits per heavy atom. The van der Waals surface area contributed by atoms with Gasteiger partial charge < -0.3 is 14.8 Å². The Morgan fingerprint density at radius 1 is 1.00 bits per heavy atom. The van der Waals surface area contributed by atoms with E-state index in [2.05, 4.69) is 5.32 Å². The van der Waals surface area contributed by atoms with Crippen LogP contribution in [-0.2, 0) is 14.3 Å². The SMILES string of the molecule is Cc1ccc(C)c(NC(=O)COC(=O)CCOc2ccccc2C)c1. The van der Waals surface area contributed by atoms with E-state index in [4.69, 9.17) is 9.47 Å². The van der Waals surface area contributed by atoms with Crippen LogP contribution in [0.15, 0.2) is 42.5 Å². The summed E-state index contributed by atoms with van der Waals surface area (Å²) in [5.41, 5.74) is 3.73. The summed E-state index contributed by atoms with van der Waals surface area (Å²) in [6, 6.07) is 13.4. The molecule has 1 amide bonds. The Balaban J connectivity index is 1.71. The molecule has 0 unspecified atom stereocenters. The average Bonchev–Trinajstić information content (AvgIpc) is 2.58. The highest BCUT2D eigenvalue weighted by atomic mass is 16.5. The molecule has 5 nitrogen and oxygen atoms in total. The van der Waals surface area contributed by atoms with Crippen molar-refractivity contribution in [3.05, 3.63) is 59.2 Å². The van der Waals surface area contributed by atoms with Crippen molar-refractivity contribution in [1.29, 1.82) is 0 Å². The van der Waals surface area contributed by atoms with Crippen LogP contribution in [0.3, 0.4) is 0 Å². The maximum absolute atomic E-state index is 11.9. The summed E-state index contributed by atoms with van der Waals surface area (Å²) in [6.07, 6.45) is 0.0884. The normalized spacial score (nSPS) is 10.2.